The molecular weight excluding hydrogens is 707 g/mol. The zero-order valence-electron chi connectivity index (χ0n) is 31.8. The number of esters is 4. The maximum atomic E-state index is 13.0. The van der Waals surface area contributed by atoms with E-state index in [0.717, 1.165) is 25.7 Å². The van der Waals surface area contributed by atoms with Crippen molar-refractivity contribution in [1.29, 1.82) is 5.26 Å². The number of hydrogen-bond acceptors (Lipinski definition) is 9. The van der Waals surface area contributed by atoms with Gasteiger partial charge in [0, 0.05) is 6.07 Å². The molecule has 56 heavy (non-hydrogen) atoms. The van der Waals surface area contributed by atoms with E-state index in [1.165, 1.54) is 116 Å². The molecule has 5 aromatic rings. The summed E-state index contributed by atoms with van der Waals surface area (Å²) >= 11 is 0. The van der Waals surface area contributed by atoms with E-state index in [-0.39, 0.29) is 39.3 Å². The van der Waals surface area contributed by atoms with Gasteiger partial charge in [0.15, 0.2) is 5.75 Å². The van der Waals surface area contributed by atoms with Gasteiger partial charge in [-0.15, -0.1) is 0 Å². The van der Waals surface area contributed by atoms with Crippen molar-refractivity contribution in [2.75, 3.05) is 0 Å². The Kier molecular flexibility index (Phi) is 15.1. The fourth-order valence-electron chi connectivity index (χ4n) is 5.84. The highest BCUT2D eigenvalue weighted by Gasteiger charge is 2.18. The van der Waals surface area contributed by atoms with Crippen LogP contribution in [0.1, 0.15) is 123 Å². The van der Waals surface area contributed by atoms with Gasteiger partial charge in [-0.3, -0.25) is 0 Å². The lowest BCUT2D eigenvalue weighted by molar-refractivity contribution is 0.0713. The van der Waals surface area contributed by atoms with E-state index in [2.05, 4.69) is 13.8 Å². The normalized spacial score (nSPS) is 10.6. The van der Waals surface area contributed by atoms with E-state index in [0.29, 0.717) is 11.5 Å². The molecule has 9 nitrogen and oxygen atoms in total. The van der Waals surface area contributed by atoms with Crippen molar-refractivity contribution in [3.05, 3.63) is 154 Å². The van der Waals surface area contributed by atoms with Gasteiger partial charge in [0.25, 0.3) is 0 Å². The molecule has 5 aromatic carbocycles. The quantitative estimate of drug-likeness (QED) is 0.0488. The van der Waals surface area contributed by atoms with E-state index in [9.17, 15) is 24.4 Å². The number of unbranched alkanes of at least 4 members (excludes halogenated alkanes) is 6. The minimum atomic E-state index is -0.791. The molecule has 0 aliphatic rings. The molecule has 0 N–H and O–H groups in total. The van der Waals surface area contributed by atoms with Crippen LogP contribution >= 0.6 is 0 Å². The third kappa shape index (κ3) is 12.0. The molecule has 0 amide bonds. The highest BCUT2D eigenvalue weighted by molar-refractivity contribution is 5.96. The lowest BCUT2D eigenvalue weighted by Gasteiger charge is -2.10. The van der Waals surface area contributed by atoms with Crippen molar-refractivity contribution >= 4 is 23.9 Å². The molecule has 0 fully saturated rings. The molecule has 0 unspecified atom stereocenters. The monoisotopic (exact) mass is 751 g/mol. The summed E-state index contributed by atoms with van der Waals surface area (Å²) in [5.41, 5.74) is 3.17. The lowest BCUT2D eigenvalue weighted by Crippen LogP contribution is -2.13. The molecule has 0 aromatic heterocycles. The molecule has 0 bridgehead atoms. The van der Waals surface area contributed by atoms with E-state index < -0.39 is 23.9 Å². The summed E-state index contributed by atoms with van der Waals surface area (Å²) in [5.74, 6) is -1.92. The Morgan fingerprint density at radius 3 is 1.18 bits per heavy atom. The predicted molar refractivity (Wildman–Crippen MR) is 212 cm³/mol. The van der Waals surface area contributed by atoms with Crippen LogP contribution in [0.25, 0.3) is 0 Å². The smallest absolute Gasteiger partial charge is 0.343 e. The first-order chi connectivity index (χ1) is 27.3. The zero-order chi connectivity index (χ0) is 39.7. The van der Waals surface area contributed by atoms with Crippen molar-refractivity contribution < 1.29 is 38.1 Å². The van der Waals surface area contributed by atoms with E-state index in [4.69, 9.17) is 18.9 Å². The Labute approximate surface area is 327 Å². The molecule has 0 saturated carbocycles. The topological polar surface area (TPSA) is 129 Å². The molecule has 5 rings (SSSR count). The van der Waals surface area contributed by atoms with Crippen LogP contribution < -0.4 is 18.9 Å². The van der Waals surface area contributed by atoms with Crippen LogP contribution in [0, 0.1) is 11.3 Å². The van der Waals surface area contributed by atoms with Crippen molar-refractivity contribution in [1.82, 2.24) is 0 Å². The first kappa shape index (κ1) is 40.7. The molecule has 0 aliphatic carbocycles. The predicted octanol–water partition coefficient (Wildman–Crippen LogP) is 10.7. The molecule has 286 valence electrons. The summed E-state index contributed by atoms with van der Waals surface area (Å²) in [6.45, 7) is 4.36. The molecular formula is C47H45NO8. The Morgan fingerprint density at radius 2 is 0.804 bits per heavy atom. The highest BCUT2D eigenvalue weighted by atomic mass is 16.6. The number of hydrogen-bond donors (Lipinski definition) is 0. The average Bonchev–Trinajstić information content (AvgIpc) is 3.22. The van der Waals surface area contributed by atoms with Crippen LogP contribution in [0.4, 0.5) is 0 Å². The second-order valence-electron chi connectivity index (χ2n) is 13.4. The number of benzene rings is 5. The van der Waals surface area contributed by atoms with Crippen LogP contribution in [0.2, 0.25) is 0 Å². The molecule has 9 heteroatoms. The van der Waals surface area contributed by atoms with E-state index in [1.54, 1.807) is 24.3 Å². The minimum Gasteiger partial charge on any atom is -0.423 e. The Balaban J connectivity index is 1.13. The molecule has 0 heterocycles. The fourth-order valence-corrected chi connectivity index (χ4v) is 5.84. The highest BCUT2D eigenvalue weighted by Crippen LogP contribution is 2.27. The third-order valence-corrected chi connectivity index (χ3v) is 9.11. The van der Waals surface area contributed by atoms with Crippen molar-refractivity contribution in [2.45, 2.75) is 78.1 Å². The van der Waals surface area contributed by atoms with Gasteiger partial charge in [0.2, 0.25) is 0 Å². The van der Waals surface area contributed by atoms with E-state index >= 15 is 0 Å². The molecule has 0 saturated heterocycles. The summed E-state index contributed by atoms with van der Waals surface area (Å²) in [6, 6.07) is 32.4. The number of rotatable bonds is 18. The van der Waals surface area contributed by atoms with Crippen molar-refractivity contribution in [3.8, 4) is 29.1 Å². The number of ether oxygens (including phenoxy) is 4. The van der Waals surface area contributed by atoms with Gasteiger partial charge in [-0.05, 0) is 122 Å². The second kappa shape index (κ2) is 20.8. The largest absolute Gasteiger partial charge is 0.423 e. The zero-order valence-corrected chi connectivity index (χ0v) is 31.8. The second-order valence-corrected chi connectivity index (χ2v) is 13.4. The first-order valence-electron chi connectivity index (χ1n) is 19.1. The van der Waals surface area contributed by atoms with E-state index in [1.807, 2.05) is 30.3 Å². The van der Waals surface area contributed by atoms with Crippen LogP contribution in [-0.2, 0) is 12.8 Å². The number of carbonyl (C=O) groups excluding carboxylic acids is 4. The van der Waals surface area contributed by atoms with Gasteiger partial charge in [-0.2, -0.15) is 5.26 Å². The minimum absolute atomic E-state index is 0.0247. The Bertz CT molecular complexity index is 2130. The molecule has 0 spiro atoms. The van der Waals surface area contributed by atoms with Gasteiger partial charge in [-0.1, -0.05) is 76.6 Å². The van der Waals surface area contributed by atoms with Gasteiger partial charge in [-0.25, -0.2) is 19.2 Å². The number of nitriles is 1. The van der Waals surface area contributed by atoms with Gasteiger partial charge >= 0.3 is 23.9 Å². The lowest BCUT2D eigenvalue weighted by atomic mass is 10.1. The number of nitrogens with zero attached hydrogens (tertiary/aromatic N) is 1. The van der Waals surface area contributed by atoms with Crippen LogP contribution in [0.3, 0.4) is 0 Å². The fraction of sp³-hybridized carbons (Fsp3) is 0.255. The summed E-state index contributed by atoms with van der Waals surface area (Å²) in [7, 11) is 0. The standard InChI is InChI=1S/C47H45NO8/c1-3-5-7-9-11-33-13-26-40(27-14-33)53-44(49)35-17-19-37(20-18-35)46(51)55-42-30-25-39(32-48)43(31-42)56-47(52)38-23-21-36(22-24-38)45(50)54-41-28-15-34(16-29-41)12-10-8-6-4-2/h13-31H,3-12H2,1-2H3. The summed E-state index contributed by atoms with van der Waals surface area (Å²) in [6.07, 6.45) is 11.4. The Hall–Kier alpha value is -6.53. The SMILES string of the molecule is CCCCCCc1ccc(OC(=O)c2ccc(C(=O)Oc3ccc(C#N)c(OC(=O)c4ccc(C(=O)Oc5ccc(CCCCCC)cc5)cc4)c3)cc2)cc1. The van der Waals surface area contributed by atoms with Gasteiger partial charge < -0.3 is 18.9 Å². The molecule has 0 atom stereocenters. The van der Waals surface area contributed by atoms with Crippen LogP contribution in [-0.4, -0.2) is 23.9 Å². The summed E-state index contributed by atoms with van der Waals surface area (Å²) in [4.78, 5) is 51.5. The third-order valence-electron chi connectivity index (χ3n) is 9.11. The number of aryl methyl sites for hydroxylation is 2. The van der Waals surface area contributed by atoms with Crippen LogP contribution in [0.15, 0.2) is 115 Å². The number of carbonyl (C=O) groups is 4. The summed E-state index contributed by atoms with van der Waals surface area (Å²) < 4.78 is 22.0. The summed E-state index contributed by atoms with van der Waals surface area (Å²) in [5, 5.41) is 9.63. The maximum Gasteiger partial charge on any atom is 0.343 e. The first-order valence-corrected chi connectivity index (χ1v) is 19.1. The van der Waals surface area contributed by atoms with Gasteiger partial charge in [0.05, 0.1) is 27.8 Å². The maximum absolute atomic E-state index is 13.0. The Morgan fingerprint density at radius 1 is 0.446 bits per heavy atom. The van der Waals surface area contributed by atoms with Crippen LogP contribution in [0.5, 0.6) is 23.0 Å². The molecule has 0 aliphatic heterocycles. The van der Waals surface area contributed by atoms with Gasteiger partial charge in [0.1, 0.15) is 23.3 Å². The average molecular weight is 752 g/mol. The van der Waals surface area contributed by atoms with Crippen molar-refractivity contribution in [3.63, 3.8) is 0 Å². The molecule has 0 radical (unpaired) electrons. The van der Waals surface area contributed by atoms with Crippen molar-refractivity contribution in [2.24, 2.45) is 0 Å².